The van der Waals surface area contributed by atoms with Crippen LogP contribution < -0.4 is 10.1 Å². The molecule has 1 amide bonds. The highest BCUT2D eigenvalue weighted by molar-refractivity contribution is 7.08. The molecule has 136 valence electrons. The highest BCUT2D eigenvalue weighted by atomic mass is 32.1. The third-order valence-corrected chi connectivity index (χ3v) is 4.55. The summed E-state index contributed by atoms with van der Waals surface area (Å²) in [6, 6.07) is 9.58. The van der Waals surface area contributed by atoms with Gasteiger partial charge in [-0.2, -0.15) is 11.3 Å². The monoisotopic (exact) mass is 371 g/mol. The third kappa shape index (κ3) is 4.70. The van der Waals surface area contributed by atoms with E-state index in [0.717, 1.165) is 16.9 Å². The third-order valence-electron chi connectivity index (χ3n) is 3.87. The predicted octanol–water partition coefficient (Wildman–Crippen LogP) is 4.01. The van der Waals surface area contributed by atoms with Crippen LogP contribution in [0.15, 0.2) is 45.5 Å². The topological polar surface area (TPSA) is 77.2 Å². The van der Waals surface area contributed by atoms with E-state index in [9.17, 15) is 4.79 Å². The molecule has 0 saturated heterocycles. The van der Waals surface area contributed by atoms with E-state index in [-0.39, 0.29) is 11.9 Å². The van der Waals surface area contributed by atoms with Crippen LogP contribution in [0.25, 0.3) is 11.5 Å². The Morgan fingerprint density at radius 1 is 1.27 bits per heavy atom. The maximum absolute atomic E-state index is 12.2. The molecule has 0 saturated carbocycles. The minimum absolute atomic E-state index is 0.0540. The smallest absolute Gasteiger partial charge is 0.248 e. The van der Waals surface area contributed by atoms with E-state index in [4.69, 9.17) is 9.15 Å². The standard InChI is InChI=1S/C19H21N3O3S/c1-3-24-16-6-4-14(5-7-16)13(2)20-17(23)8-9-18-21-22-19(25-18)15-10-11-26-12-15/h4-7,10-13H,3,8-9H2,1-2H3,(H,20,23). The predicted molar refractivity (Wildman–Crippen MR) is 100 cm³/mol. The first-order chi connectivity index (χ1) is 12.7. The van der Waals surface area contributed by atoms with Crippen molar-refractivity contribution < 1.29 is 13.9 Å². The van der Waals surface area contributed by atoms with Crippen LogP contribution in [0, 0.1) is 0 Å². The molecule has 1 aromatic carbocycles. The number of rotatable bonds is 8. The van der Waals surface area contributed by atoms with Gasteiger partial charge in [0.25, 0.3) is 0 Å². The van der Waals surface area contributed by atoms with E-state index < -0.39 is 0 Å². The fraction of sp³-hybridized carbons (Fsp3) is 0.316. The van der Waals surface area contributed by atoms with Gasteiger partial charge in [-0.05, 0) is 43.0 Å². The lowest BCUT2D eigenvalue weighted by Crippen LogP contribution is -2.26. The maximum Gasteiger partial charge on any atom is 0.248 e. The average molecular weight is 371 g/mol. The van der Waals surface area contributed by atoms with Gasteiger partial charge >= 0.3 is 0 Å². The summed E-state index contributed by atoms with van der Waals surface area (Å²) in [6.07, 6.45) is 0.714. The fourth-order valence-corrected chi connectivity index (χ4v) is 3.12. The van der Waals surface area contributed by atoms with Gasteiger partial charge in [0.15, 0.2) is 0 Å². The quantitative estimate of drug-likeness (QED) is 0.647. The summed E-state index contributed by atoms with van der Waals surface area (Å²) < 4.78 is 11.0. The van der Waals surface area contributed by atoms with Crippen molar-refractivity contribution in [1.82, 2.24) is 15.5 Å². The van der Waals surface area contributed by atoms with E-state index in [0.29, 0.717) is 31.2 Å². The minimum atomic E-state index is -0.0813. The lowest BCUT2D eigenvalue weighted by molar-refractivity contribution is -0.121. The summed E-state index contributed by atoms with van der Waals surface area (Å²) in [4.78, 5) is 12.2. The number of nitrogens with zero attached hydrogens (tertiary/aromatic N) is 2. The number of ether oxygens (including phenoxy) is 1. The van der Waals surface area contributed by atoms with Crippen molar-refractivity contribution in [3.05, 3.63) is 52.5 Å². The number of aryl methyl sites for hydroxylation is 1. The summed E-state index contributed by atoms with van der Waals surface area (Å²) in [5.41, 5.74) is 1.93. The van der Waals surface area contributed by atoms with Crippen molar-refractivity contribution in [3.8, 4) is 17.2 Å². The maximum atomic E-state index is 12.2. The van der Waals surface area contributed by atoms with Gasteiger partial charge in [-0.3, -0.25) is 4.79 Å². The van der Waals surface area contributed by atoms with Crippen LogP contribution in [-0.2, 0) is 11.2 Å². The first-order valence-corrected chi connectivity index (χ1v) is 9.47. The highest BCUT2D eigenvalue weighted by Crippen LogP contribution is 2.21. The Morgan fingerprint density at radius 2 is 2.08 bits per heavy atom. The molecule has 0 spiro atoms. The summed E-state index contributed by atoms with van der Waals surface area (Å²) in [5, 5.41) is 14.9. The molecular weight excluding hydrogens is 350 g/mol. The number of hydrogen-bond acceptors (Lipinski definition) is 6. The zero-order chi connectivity index (χ0) is 18.4. The molecule has 0 bridgehead atoms. The largest absolute Gasteiger partial charge is 0.494 e. The lowest BCUT2D eigenvalue weighted by Gasteiger charge is -2.14. The van der Waals surface area contributed by atoms with Crippen LogP contribution >= 0.6 is 11.3 Å². The van der Waals surface area contributed by atoms with Gasteiger partial charge < -0.3 is 14.5 Å². The van der Waals surface area contributed by atoms with Crippen molar-refractivity contribution in [3.63, 3.8) is 0 Å². The van der Waals surface area contributed by atoms with Gasteiger partial charge in [0, 0.05) is 23.8 Å². The molecule has 2 aromatic heterocycles. The van der Waals surface area contributed by atoms with E-state index in [1.54, 1.807) is 11.3 Å². The van der Waals surface area contributed by atoms with Crippen molar-refractivity contribution in [1.29, 1.82) is 0 Å². The van der Waals surface area contributed by atoms with E-state index >= 15 is 0 Å². The Hall–Kier alpha value is -2.67. The molecule has 1 unspecified atom stereocenters. The second kappa shape index (κ2) is 8.62. The van der Waals surface area contributed by atoms with Gasteiger partial charge in [-0.15, -0.1) is 10.2 Å². The summed E-state index contributed by atoms with van der Waals surface area (Å²) in [5.74, 6) is 1.73. The van der Waals surface area contributed by atoms with Crippen molar-refractivity contribution >= 4 is 17.2 Å². The lowest BCUT2D eigenvalue weighted by atomic mass is 10.1. The number of aromatic nitrogens is 2. The summed E-state index contributed by atoms with van der Waals surface area (Å²) >= 11 is 1.57. The van der Waals surface area contributed by atoms with Gasteiger partial charge in [0.05, 0.1) is 12.6 Å². The minimum Gasteiger partial charge on any atom is -0.494 e. The highest BCUT2D eigenvalue weighted by Gasteiger charge is 2.13. The van der Waals surface area contributed by atoms with Gasteiger partial charge in [-0.1, -0.05) is 12.1 Å². The Balaban J connectivity index is 1.49. The molecule has 3 rings (SSSR count). The number of hydrogen-bond donors (Lipinski definition) is 1. The first-order valence-electron chi connectivity index (χ1n) is 8.52. The molecule has 7 heteroatoms. The zero-order valence-corrected chi connectivity index (χ0v) is 15.6. The second-order valence-electron chi connectivity index (χ2n) is 5.80. The number of carbonyl (C=O) groups is 1. The first kappa shape index (κ1) is 18.1. The number of carbonyl (C=O) groups excluding carboxylic acids is 1. The molecule has 1 atom stereocenters. The van der Waals surface area contributed by atoms with E-state index in [2.05, 4.69) is 15.5 Å². The van der Waals surface area contributed by atoms with E-state index in [1.807, 2.05) is 54.9 Å². The molecule has 0 fully saturated rings. The van der Waals surface area contributed by atoms with Crippen molar-refractivity contribution in [2.24, 2.45) is 0 Å². The summed E-state index contributed by atoms with van der Waals surface area (Å²) in [7, 11) is 0. The van der Waals surface area contributed by atoms with Crippen LogP contribution in [0.2, 0.25) is 0 Å². The van der Waals surface area contributed by atoms with Gasteiger partial charge in [-0.25, -0.2) is 0 Å². The molecule has 2 heterocycles. The molecule has 6 nitrogen and oxygen atoms in total. The molecule has 3 aromatic rings. The summed E-state index contributed by atoms with van der Waals surface area (Å²) in [6.45, 7) is 4.54. The van der Waals surface area contributed by atoms with Crippen LogP contribution in [0.5, 0.6) is 5.75 Å². The van der Waals surface area contributed by atoms with Crippen LogP contribution in [-0.4, -0.2) is 22.7 Å². The second-order valence-corrected chi connectivity index (χ2v) is 6.58. The molecule has 26 heavy (non-hydrogen) atoms. The Bertz CT molecular complexity index is 828. The average Bonchev–Trinajstić information content (AvgIpc) is 3.32. The van der Waals surface area contributed by atoms with Gasteiger partial charge in [0.2, 0.25) is 17.7 Å². The molecule has 0 aliphatic carbocycles. The Morgan fingerprint density at radius 3 is 2.77 bits per heavy atom. The number of amides is 1. The number of nitrogens with one attached hydrogen (secondary N) is 1. The molecule has 0 aliphatic rings. The van der Waals surface area contributed by atoms with Crippen LogP contribution in [0.4, 0.5) is 0 Å². The van der Waals surface area contributed by atoms with Crippen LogP contribution in [0.1, 0.15) is 37.8 Å². The fourth-order valence-electron chi connectivity index (χ4n) is 2.49. The molecular formula is C19H21N3O3S. The molecule has 1 N–H and O–H groups in total. The number of benzene rings is 1. The zero-order valence-electron chi connectivity index (χ0n) is 14.8. The normalized spacial score (nSPS) is 11.9. The molecule has 0 radical (unpaired) electrons. The van der Waals surface area contributed by atoms with Crippen molar-refractivity contribution in [2.45, 2.75) is 32.7 Å². The number of thiophene rings is 1. The Labute approximate surface area is 156 Å². The Kier molecular flexibility index (Phi) is 6.01. The van der Waals surface area contributed by atoms with E-state index in [1.165, 1.54) is 0 Å². The van der Waals surface area contributed by atoms with Crippen LogP contribution in [0.3, 0.4) is 0 Å². The molecule has 0 aliphatic heterocycles. The van der Waals surface area contributed by atoms with Crippen molar-refractivity contribution in [2.75, 3.05) is 6.61 Å². The van der Waals surface area contributed by atoms with Gasteiger partial charge in [0.1, 0.15) is 5.75 Å². The SMILES string of the molecule is CCOc1ccc(C(C)NC(=O)CCc2nnc(-c3ccsc3)o2)cc1.